The lowest BCUT2D eigenvalue weighted by Gasteiger charge is -2.06. The first kappa shape index (κ1) is 14.8. The van der Waals surface area contributed by atoms with Gasteiger partial charge in [-0.05, 0) is 29.8 Å². The number of tetrazole rings is 1. The van der Waals surface area contributed by atoms with Gasteiger partial charge in [-0.2, -0.15) is 4.80 Å². The summed E-state index contributed by atoms with van der Waals surface area (Å²) >= 11 is 0. The number of benzene rings is 2. The van der Waals surface area contributed by atoms with Gasteiger partial charge >= 0.3 is 0 Å². The van der Waals surface area contributed by atoms with Crippen LogP contribution in [0.2, 0.25) is 0 Å². The van der Waals surface area contributed by atoms with Crippen LogP contribution in [0.4, 0.5) is 10.1 Å². The summed E-state index contributed by atoms with van der Waals surface area (Å²) in [5, 5.41) is 14.4. The molecule has 0 aliphatic heterocycles. The van der Waals surface area contributed by atoms with Gasteiger partial charge in [0, 0.05) is 5.56 Å². The third-order valence-corrected chi connectivity index (χ3v) is 3.17. The highest BCUT2D eigenvalue weighted by atomic mass is 19.1. The largest absolute Gasteiger partial charge is 0.322 e. The summed E-state index contributed by atoms with van der Waals surface area (Å²) in [4.78, 5) is 13.2. The van der Waals surface area contributed by atoms with Crippen LogP contribution in [0.15, 0.2) is 48.5 Å². The zero-order valence-electron chi connectivity index (χ0n) is 12.4. The zero-order valence-corrected chi connectivity index (χ0v) is 12.4. The summed E-state index contributed by atoms with van der Waals surface area (Å²) in [7, 11) is 0. The Balaban J connectivity index is 1.69. The highest BCUT2D eigenvalue weighted by molar-refractivity contribution is 5.90. The minimum atomic E-state index is -0.486. The minimum Gasteiger partial charge on any atom is -0.322 e. The molecule has 1 N–H and O–H groups in total. The highest BCUT2D eigenvalue weighted by Gasteiger charge is 2.11. The molecule has 0 fully saturated rings. The molecule has 0 aliphatic rings. The summed E-state index contributed by atoms with van der Waals surface area (Å²) < 4.78 is 13.6. The van der Waals surface area contributed by atoms with Gasteiger partial charge in [0.25, 0.3) is 0 Å². The molecule has 116 valence electrons. The van der Waals surface area contributed by atoms with Crippen LogP contribution in [-0.2, 0) is 11.3 Å². The van der Waals surface area contributed by atoms with Crippen molar-refractivity contribution < 1.29 is 9.18 Å². The molecule has 7 heteroatoms. The molecule has 0 atom stereocenters. The first-order chi connectivity index (χ1) is 11.1. The van der Waals surface area contributed by atoms with Crippen molar-refractivity contribution >= 4 is 11.6 Å². The Bertz CT molecular complexity index is 831. The molecule has 0 unspecified atom stereocenters. The first-order valence-corrected chi connectivity index (χ1v) is 7.01. The molecule has 0 spiro atoms. The van der Waals surface area contributed by atoms with Crippen molar-refractivity contribution in [1.29, 1.82) is 0 Å². The van der Waals surface area contributed by atoms with Crippen LogP contribution >= 0.6 is 0 Å². The zero-order chi connectivity index (χ0) is 16.2. The molecule has 0 aliphatic carbocycles. The molecule has 1 amide bonds. The van der Waals surface area contributed by atoms with Crippen molar-refractivity contribution in [3.05, 3.63) is 59.9 Å². The number of hydrogen-bond donors (Lipinski definition) is 1. The smallest absolute Gasteiger partial charge is 0.248 e. The minimum absolute atomic E-state index is 0.137. The summed E-state index contributed by atoms with van der Waals surface area (Å²) in [6.07, 6.45) is 0. The number of carbonyl (C=O) groups excluding carboxylic acids is 1. The summed E-state index contributed by atoms with van der Waals surface area (Å²) in [5.41, 5.74) is 1.80. The van der Waals surface area contributed by atoms with Crippen molar-refractivity contribution in [2.24, 2.45) is 0 Å². The van der Waals surface area contributed by atoms with Crippen molar-refractivity contribution in [3.63, 3.8) is 0 Å². The maximum atomic E-state index is 13.6. The fraction of sp³-hybridized carbons (Fsp3) is 0.125. The second-order valence-electron chi connectivity index (χ2n) is 5.04. The highest BCUT2D eigenvalue weighted by Crippen LogP contribution is 2.16. The number of rotatable bonds is 4. The molecule has 6 nitrogen and oxygen atoms in total. The maximum absolute atomic E-state index is 13.6. The lowest BCUT2D eigenvalue weighted by atomic mass is 10.2. The van der Waals surface area contributed by atoms with E-state index < -0.39 is 11.7 Å². The summed E-state index contributed by atoms with van der Waals surface area (Å²) in [6.45, 7) is 1.67. The predicted octanol–water partition coefficient (Wildman–Crippen LogP) is 2.43. The van der Waals surface area contributed by atoms with E-state index in [-0.39, 0.29) is 12.2 Å². The quantitative estimate of drug-likeness (QED) is 0.803. The summed E-state index contributed by atoms with van der Waals surface area (Å²) in [5.74, 6) is -0.480. The van der Waals surface area contributed by atoms with E-state index in [1.807, 2.05) is 37.3 Å². The van der Waals surface area contributed by atoms with E-state index in [1.54, 1.807) is 12.1 Å². The lowest BCUT2D eigenvalue weighted by molar-refractivity contribution is -0.117. The van der Waals surface area contributed by atoms with Crippen molar-refractivity contribution in [2.45, 2.75) is 13.5 Å². The Kier molecular flexibility index (Phi) is 4.09. The third-order valence-electron chi connectivity index (χ3n) is 3.17. The van der Waals surface area contributed by atoms with Crippen LogP contribution in [-0.4, -0.2) is 26.1 Å². The van der Waals surface area contributed by atoms with E-state index in [1.165, 1.54) is 10.9 Å². The molecule has 0 radical (unpaired) electrons. The van der Waals surface area contributed by atoms with Crippen molar-refractivity contribution in [3.8, 4) is 11.4 Å². The number of halogens is 1. The molecule has 3 rings (SSSR count). The van der Waals surface area contributed by atoms with Gasteiger partial charge in [0.2, 0.25) is 11.7 Å². The predicted molar refractivity (Wildman–Crippen MR) is 83.0 cm³/mol. The number of aryl methyl sites for hydroxylation is 1. The molecule has 3 aromatic rings. The molecular weight excluding hydrogens is 297 g/mol. The fourth-order valence-corrected chi connectivity index (χ4v) is 2.07. The van der Waals surface area contributed by atoms with Crippen LogP contribution in [0.1, 0.15) is 5.56 Å². The fourth-order valence-electron chi connectivity index (χ4n) is 2.07. The van der Waals surface area contributed by atoms with Crippen molar-refractivity contribution in [1.82, 2.24) is 20.2 Å². The Morgan fingerprint density at radius 1 is 1.22 bits per heavy atom. The van der Waals surface area contributed by atoms with Gasteiger partial charge < -0.3 is 5.32 Å². The topological polar surface area (TPSA) is 72.7 Å². The number of carbonyl (C=O) groups is 1. The number of amides is 1. The number of hydrogen-bond acceptors (Lipinski definition) is 4. The molecule has 23 heavy (non-hydrogen) atoms. The molecule has 1 aromatic heterocycles. The van der Waals surface area contributed by atoms with E-state index in [4.69, 9.17) is 0 Å². The average molecular weight is 311 g/mol. The van der Waals surface area contributed by atoms with Gasteiger partial charge in [-0.15, -0.1) is 10.2 Å². The SMILES string of the molecule is Cc1ccc(F)c(NC(=O)Cn2nnc(-c3ccccc3)n2)c1. The van der Waals surface area contributed by atoms with Gasteiger partial charge in [0.15, 0.2) is 0 Å². The normalized spacial score (nSPS) is 10.5. The Hall–Kier alpha value is -3.09. The molecule has 2 aromatic carbocycles. The molecule has 0 saturated heterocycles. The molecule has 0 saturated carbocycles. The number of aromatic nitrogens is 4. The van der Waals surface area contributed by atoms with Gasteiger partial charge in [-0.25, -0.2) is 4.39 Å². The van der Waals surface area contributed by atoms with E-state index in [0.717, 1.165) is 11.1 Å². The Morgan fingerprint density at radius 3 is 2.78 bits per heavy atom. The second kappa shape index (κ2) is 6.35. The molecule has 1 heterocycles. The Labute approximate surface area is 132 Å². The molecule has 0 bridgehead atoms. The number of nitrogens with zero attached hydrogens (tertiary/aromatic N) is 4. The van der Waals surface area contributed by atoms with Gasteiger partial charge in [0.05, 0.1) is 5.69 Å². The van der Waals surface area contributed by atoms with E-state index in [0.29, 0.717) is 5.82 Å². The van der Waals surface area contributed by atoms with Crippen LogP contribution in [0.5, 0.6) is 0 Å². The number of anilines is 1. The summed E-state index contributed by atoms with van der Waals surface area (Å²) in [6, 6.07) is 13.8. The average Bonchev–Trinajstić information content (AvgIpc) is 3.00. The van der Waals surface area contributed by atoms with E-state index >= 15 is 0 Å². The standard InChI is InChI=1S/C16H14FN5O/c1-11-7-8-13(17)14(9-11)18-15(23)10-22-20-16(19-21-22)12-5-3-2-4-6-12/h2-9H,10H2,1H3,(H,18,23). The van der Waals surface area contributed by atoms with Gasteiger partial charge in [-0.3, -0.25) is 4.79 Å². The second-order valence-corrected chi connectivity index (χ2v) is 5.04. The van der Waals surface area contributed by atoms with Gasteiger partial charge in [0.1, 0.15) is 12.4 Å². The van der Waals surface area contributed by atoms with Crippen LogP contribution < -0.4 is 5.32 Å². The monoisotopic (exact) mass is 311 g/mol. The molecular formula is C16H14FN5O. The first-order valence-electron chi connectivity index (χ1n) is 7.01. The van der Waals surface area contributed by atoms with Crippen molar-refractivity contribution in [2.75, 3.05) is 5.32 Å². The van der Waals surface area contributed by atoms with Crippen LogP contribution in [0.3, 0.4) is 0 Å². The van der Waals surface area contributed by atoms with Crippen LogP contribution in [0, 0.1) is 12.7 Å². The lowest BCUT2D eigenvalue weighted by Crippen LogP contribution is -2.21. The number of nitrogens with one attached hydrogen (secondary N) is 1. The maximum Gasteiger partial charge on any atom is 0.248 e. The Morgan fingerprint density at radius 2 is 2.00 bits per heavy atom. The van der Waals surface area contributed by atoms with Crippen LogP contribution in [0.25, 0.3) is 11.4 Å². The third kappa shape index (κ3) is 3.57. The van der Waals surface area contributed by atoms with E-state index in [9.17, 15) is 9.18 Å². The van der Waals surface area contributed by atoms with Gasteiger partial charge in [-0.1, -0.05) is 36.4 Å². The van der Waals surface area contributed by atoms with E-state index in [2.05, 4.69) is 20.7 Å².